The van der Waals surface area contributed by atoms with Crippen molar-refractivity contribution in [2.75, 3.05) is 11.5 Å². The van der Waals surface area contributed by atoms with Crippen molar-refractivity contribution in [3.8, 4) is 23.0 Å². The topological polar surface area (TPSA) is 105 Å². The van der Waals surface area contributed by atoms with Gasteiger partial charge in [-0.1, -0.05) is 0 Å². The fourth-order valence-corrected chi connectivity index (χ4v) is 6.56. The zero-order valence-corrected chi connectivity index (χ0v) is 19.9. The number of rotatable bonds is 4. The van der Waals surface area contributed by atoms with Crippen LogP contribution in [-0.2, 0) is 9.84 Å². The van der Waals surface area contributed by atoms with Crippen LogP contribution in [-0.4, -0.2) is 41.2 Å². The Morgan fingerprint density at radius 3 is 2.53 bits per heavy atom. The van der Waals surface area contributed by atoms with Gasteiger partial charge in [0.1, 0.15) is 17.3 Å². The Morgan fingerprint density at radius 1 is 1.11 bits per heavy atom. The average molecular weight is 507 g/mol. The Labute approximate surface area is 205 Å². The second kappa shape index (κ2) is 8.53. The molecule has 1 aliphatic heterocycles. The fraction of sp³-hybridized carbons (Fsp3) is 0.192. The SMILES string of the molecule is C[C@@]1(NC(=O)c2ccc3c(-c4cc(C#N)ccc4F)nn(-c4ccc(F)cc4)c3c2)CCS(=O)(=O)C1. The maximum atomic E-state index is 14.8. The van der Waals surface area contributed by atoms with Crippen LogP contribution >= 0.6 is 0 Å². The highest BCUT2D eigenvalue weighted by molar-refractivity contribution is 7.91. The van der Waals surface area contributed by atoms with Gasteiger partial charge in [-0.25, -0.2) is 21.9 Å². The molecule has 0 spiro atoms. The fourth-order valence-electron chi connectivity index (χ4n) is 4.47. The Bertz CT molecular complexity index is 1670. The number of benzene rings is 3. The highest BCUT2D eigenvalue weighted by atomic mass is 32.2. The lowest BCUT2D eigenvalue weighted by atomic mass is 10.0. The van der Waals surface area contributed by atoms with E-state index in [4.69, 9.17) is 0 Å². The Morgan fingerprint density at radius 2 is 1.86 bits per heavy atom. The Hall–Kier alpha value is -4.10. The van der Waals surface area contributed by atoms with Crippen molar-refractivity contribution in [2.45, 2.75) is 18.9 Å². The number of carbonyl (C=O) groups is 1. The molecule has 0 bridgehead atoms. The first kappa shape index (κ1) is 23.6. The molecule has 3 aromatic carbocycles. The van der Waals surface area contributed by atoms with Crippen LogP contribution in [0.5, 0.6) is 0 Å². The third kappa shape index (κ3) is 4.33. The molecule has 4 aromatic rings. The number of nitrogens with zero attached hydrogens (tertiary/aromatic N) is 3. The normalized spacial score (nSPS) is 18.7. The first-order valence-corrected chi connectivity index (χ1v) is 12.9. The number of nitrogens with one attached hydrogen (secondary N) is 1. The van der Waals surface area contributed by atoms with Crippen LogP contribution in [0.2, 0.25) is 0 Å². The number of carbonyl (C=O) groups excluding carboxylic acids is 1. The molecular weight excluding hydrogens is 486 g/mol. The molecule has 1 atom stereocenters. The van der Waals surface area contributed by atoms with E-state index in [1.807, 2.05) is 6.07 Å². The summed E-state index contributed by atoms with van der Waals surface area (Å²) in [4.78, 5) is 13.1. The van der Waals surface area contributed by atoms with E-state index >= 15 is 0 Å². The monoisotopic (exact) mass is 506 g/mol. The van der Waals surface area contributed by atoms with Crippen LogP contribution in [0, 0.1) is 23.0 Å². The standard InChI is InChI=1S/C26H20F2N4O3S/c1-26(10-11-36(34,35)15-26)30-25(33)17-3-8-20-23(13-17)32(19-6-4-18(27)5-7-19)31-24(20)21-12-16(14-29)2-9-22(21)28/h2-9,12-13H,10-11,15H2,1H3,(H,30,33)/t26-/m1/s1. The first-order chi connectivity index (χ1) is 17.1. The van der Waals surface area contributed by atoms with Gasteiger partial charge in [0.15, 0.2) is 9.84 Å². The number of aromatic nitrogens is 2. The van der Waals surface area contributed by atoms with Crippen LogP contribution in [0.1, 0.15) is 29.3 Å². The third-order valence-electron chi connectivity index (χ3n) is 6.28. The van der Waals surface area contributed by atoms with Gasteiger partial charge in [0.2, 0.25) is 0 Å². The molecule has 0 aliphatic carbocycles. The van der Waals surface area contributed by atoms with Crippen molar-refractivity contribution in [1.82, 2.24) is 15.1 Å². The average Bonchev–Trinajstić information content (AvgIpc) is 3.35. The van der Waals surface area contributed by atoms with E-state index in [1.165, 1.54) is 47.1 Å². The molecule has 2 heterocycles. The van der Waals surface area contributed by atoms with Gasteiger partial charge in [-0.05, 0) is 74.0 Å². The van der Waals surface area contributed by atoms with Gasteiger partial charge in [0.05, 0.1) is 39.9 Å². The van der Waals surface area contributed by atoms with Crippen LogP contribution in [0.4, 0.5) is 8.78 Å². The molecular formula is C26H20F2N4O3S. The predicted octanol–water partition coefficient (Wildman–Crippen LogP) is 4.15. The van der Waals surface area contributed by atoms with E-state index in [0.717, 1.165) is 0 Å². The van der Waals surface area contributed by atoms with E-state index in [0.29, 0.717) is 23.0 Å². The van der Waals surface area contributed by atoms with Gasteiger partial charge >= 0.3 is 0 Å². The molecule has 36 heavy (non-hydrogen) atoms. The summed E-state index contributed by atoms with van der Waals surface area (Å²) in [6.45, 7) is 1.69. The Balaban J connectivity index is 1.64. The number of amides is 1. The Kier molecular flexibility index (Phi) is 5.60. The number of fused-ring (bicyclic) bond motifs is 1. The lowest BCUT2D eigenvalue weighted by Crippen LogP contribution is -2.46. The van der Waals surface area contributed by atoms with Crippen LogP contribution in [0.25, 0.3) is 27.8 Å². The largest absolute Gasteiger partial charge is 0.346 e. The van der Waals surface area contributed by atoms with E-state index in [-0.39, 0.29) is 33.9 Å². The van der Waals surface area contributed by atoms with Crippen LogP contribution < -0.4 is 5.32 Å². The van der Waals surface area contributed by atoms with E-state index in [1.54, 1.807) is 25.1 Å². The summed E-state index contributed by atoms with van der Waals surface area (Å²) in [5.41, 5.74) is 0.936. The minimum atomic E-state index is -3.22. The molecule has 0 saturated carbocycles. The third-order valence-corrected chi connectivity index (χ3v) is 8.19. The zero-order valence-electron chi connectivity index (χ0n) is 19.1. The van der Waals surface area contributed by atoms with Crippen LogP contribution in [0.15, 0.2) is 60.7 Å². The summed E-state index contributed by atoms with van der Waals surface area (Å²) in [6, 6.07) is 16.2. The minimum Gasteiger partial charge on any atom is -0.346 e. The second-order valence-corrected chi connectivity index (χ2v) is 11.3. The van der Waals surface area contributed by atoms with Gasteiger partial charge in [-0.15, -0.1) is 0 Å². The quantitative estimate of drug-likeness (QED) is 0.448. The minimum absolute atomic E-state index is 0.0108. The van der Waals surface area contributed by atoms with E-state index in [2.05, 4.69) is 10.4 Å². The molecule has 1 amide bonds. The van der Waals surface area contributed by atoms with Crippen molar-refractivity contribution in [2.24, 2.45) is 0 Å². The van der Waals surface area contributed by atoms with Crippen molar-refractivity contribution in [3.63, 3.8) is 0 Å². The molecule has 5 rings (SSSR count). The molecule has 1 aromatic heterocycles. The van der Waals surface area contributed by atoms with Gasteiger partial charge < -0.3 is 5.32 Å². The summed E-state index contributed by atoms with van der Waals surface area (Å²) >= 11 is 0. The van der Waals surface area contributed by atoms with Crippen molar-refractivity contribution in [3.05, 3.63) is 83.4 Å². The van der Waals surface area contributed by atoms with Crippen molar-refractivity contribution >= 4 is 26.6 Å². The summed E-state index contributed by atoms with van der Waals surface area (Å²) in [6.07, 6.45) is 0.315. The number of hydrogen-bond acceptors (Lipinski definition) is 5. The zero-order chi connectivity index (χ0) is 25.7. The molecule has 1 fully saturated rings. The van der Waals surface area contributed by atoms with Gasteiger partial charge in [0.25, 0.3) is 5.91 Å². The molecule has 1 aliphatic rings. The molecule has 182 valence electrons. The molecule has 0 radical (unpaired) electrons. The summed E-state index contributed by atoms with van der Waals surface area (Å²) in [7, 11) is -3.22. The summed E-state index contributed by atoms with van der Waals surface area (Å²) < 4.78 is 53.7. The number of halogens is 2. The highest BCUT2D eigenvalue weighted by Crippen LogP contribution is 2.33. The lowest BCUT2D eigenvalue weighted by molar-refractivity contribution is 0.0915. The molecule has 7 nitrogen and oxygen atoms in total. The van der Waals surface area contributed by atoms with Crippen molar-refractivity contribution < 1.29 is 22.0 Å². The van der Waals surface area contributed by atoms with Gasteiger partial charge in [-0.2, -0.15) is 10.4 Å². The number of sulfone groups is 1. The van der Waals surface area contributed by atoms with E-state index in [9.17, 15) is 27.3 Å². The van der Waals surface area contributed by atoms with E-state index < -0.39 is 32.9 Å². The summed E-state index contributed by atoms with van der Waals surface area (Å²) in [5.74, 6) is -1.60. The van der Waals surface area contributed by atoms with Crippen molar-refractivity contribution in [1.29, 1.82) is 5.26 Å². The lowest BCUT2D eigenvalue weighted by Gasteiger charge is -2.23. The molecule has 0 unspecified atom stereocenters. The number of hydrogen-bond donors (Lipinski definition) is 1. The second-order valence-electron chi connectivity index (χ2n) is 9.13. The number of nitriles is 1. The van der Waals surface area contributed by atoms with Gasteiger partial charge in [-0.3, -0.25) is 4.79 Å². The van der Waals surface area contributed by atoms with Crippen LogP contribution in [0.3, 0.4) is 0 Å². The van der Waals surface area contributed by atoms with Gasteiger partial charge in [0, 0.05) is 16.5 Å². The predicted molar refractivity (Wildman–Crippen MR) is 130 cm³/mol. The molecule has 10 heteroatoms. The molecule has 1 N–H and O–H groups in total. The molecule has 1 saturated heterocycles. The maximum absolute atomic E-state index is 14.8. The highest BCUT2D eigenvalue weighted by Gasteiger charge is 2.39. The maximum Gasteiger partial charge on any atom is 0.251 e. The smallest absolute Gasteiger partial charge is 0.251 e. The first-order valence-electron chi connectivity index (χ1n) is 11.1. The summed E-state index contributed by atoms with van der Waals surface area (Å²) in [5, 5.41) is 17.2.